The third-order valence-electron chi connectivity index (χ3n) is 4.32. The number of rotatable bonds is 7. The highest BCUT2D eigenvalue weighted by molar-refractivity contribution is 14.0. The van der Waals surface area contributed by atoms with E-state index in [1.54, 1.807) is 18.8 Å². The number of nitrogens with one attached hydrogen (secondary N) is 2. The smallest absolute Gasteiger partial charge is 0.191 e. The summed E-state index contributed by atoms with van der Waals surface area (Å²) in [6, 6.07) is 0. The second kappa shape index (κ2) is 9.34. The Labute approximate surface area is 150 Å². The molecule has 0 bridgehead atoms. The van der Waals surface area contributed by atoms with Crippen molar-refractivity contribution >= 4 is 29.9 Å². The summed E-state index contributed by atoms with van der Waals surface area (Å²) in [7, 11) is 5.50. The van der Waals surface area contributed by atoms with Crippen LogP contribution in [-0.4, -0.2) is 43.0 Å². The highest BCUT2D eigenvalue weighted by atomic mass is 127. The number of hydrogen-bond acceptors (Lipinski definition) is 3. The Bertz CT molecular complexity index is 470. The topological polar surface area (TPSA) is 63.5 Å². The van der Waals surface area contributed by atoms with Crippen molar-refractivity contribution in [3.63, 3.8) is 0 Å². The maximum Gasteiger partial charge on any atom is 0.191 e. The maximum atomic E-state index is 5.23. The molecule has 6 nitrogen and oxygen atoms in total. The van der Waals surface area contributed by atoms with Crippen molar-refractivity contribution in [2.75, 3.05) is 27.3 Å². The molecule has 7 heteroatoms. The van der Waals surface area contributed by atoms with E-state index in [9.17, 15) is 0 Å². The normalized spacial score (nSPS) is 16.6. The Kier molecular flexibility index (Phi) is 8.16. The second-order valence-corrected chi connectivity index (χ2v) is 5.90. The number of ether oxygens (including phenoxy) is 1. The average Bonchev–Trinajstić information content (AvgIpc) is 2.86. The summed E-state index contributed by atoms with van der Waals surface area (Å²) in [5, 5.41) is 10.9. The maximum absolute atomic E-state index is 5.23. The van der Waals surface area contributed by atoms with Crippen LogP contribution in [0.3, 0.4) is 0 Å². The zero-order valence-electron chi connectivity index (χ0n) is 13.8. The predicted molar refractivity (Wildman–Crippen MR) is 99.6 cm³/mol. The van der Waals surface area contributed by atoms with Gasteiger partial charge in [0.1, 0.15) is 0 Å². The number of hydrogen-bond donors (Lipinski definition) is 2. The van der Waals surface area contributed by atoms with Crippen LogP contribution in [0.25, 0.3) is 0 Å². The molecule has 0 radical (unpaired) electrons. The van der Waals surface area contributed by atoms with Gasteiger partial charge in [-0.05, 0) is 24.7 Å². The van der Waals surface area contributed by atoms with Crippen molar-refractivity contribution in [3.8, 4) is 0 Å². The van der Waals surface area contributed by atoms with Gasteiger partial charge in [-0.25, -0.2) is 0 Å². The van der Waals surface area contributed by atoms with Crippen LogP contribution in [0.2, 0.25) is 0 Å². The van der Waals surface area contributed by atoms with Gasteiger partial charge in [0.05, 0.1) is 6.20 Å². The average molecular weight is 421 g/mol. The van der Waals surface area contributed by atoms with E-state index in [4.69, 9.17) is 4.74 Å². The first-order valence-corrected chi connectivity index (χ1v) is 7.58. The van der Waals surface area contributed by atoms with Gasteiger partial charge in [-0.15, -0.1) is 24.0 Å². The minimum absolute atomic E-state index is 0. The standard InChI is InChI=1S/C15H27N5O.HI/c1-16-14(17-9-13-10-19-20(2)11-13)18-12-15(5-4-6-15)7-8-21-3;/h10-11H,4-9,12H2,1-3H3,(H2,16,17,18);1H. The highest BCUT2D eigenvalue weighted by Crippen LogP contribution is 2.43. The summed E-state index contributed by atoms with van der Waals surface area (Å²) in [4.78, 5) is 4.29. The summed E-state index contributed by atoms with van der Waals surface area (Å²) in [5.41, 5.74) is 1.54. The van der Waals surface area contributed by atoms with Crippen molar-refractivity contribution in [1.29, 1.82) is 0 Å². The summed E-state index contributed by atoms with van der Waals surface area (Å²) in [6.07, 6.45) is 8.88. The fourth-order valence-electron chi connectivity index (χ4n) is 2.75. The van der Waals surface area contributed by atoms with E-state index in [0.717, 1.165) is 37.6 Å². The third-order valence-corrected chi connectivity index (χ3v) is 4.32. The Morgan fingerprint density at radius 3 is 2.73 bits per heavy atom. The molecule has 2 N–H and O–H groups in total. The second-order valence-electron chi connectivity index (χ2n) is 5.90. The Morgan fingerprint density at radius 1 is 1.45 bits per heavy atom. The molecular formula is C15H28IN5O. The molecule has 0 aromatic carbocycles. The lowest BCUT2D eigenvalue weighted by Gasteiger charge is -2.42. The summed E-state index contributed by atoms with van der Waals surface area (Å²) in [6.45, 7) is 2.53. The molecule has 1 fully saturated rings. The van der Waals surface area contributed by atoms with Gasteiger partial charge in [0, 0.05) is 52.7 Å². The van der Waals surface area contributed by atoms with Crippen molar-refractivity contribution < 1.29 is 4.74 Å². The molecule has 0 unspecified atom stereocenters. The molecule has 1 aromatic heterocycles. The number of halogens is 1. The molecule has 0 aliphatic heterocycles. The van der Waals surface area contributed by atoms with Gasteiger partial charge in [-0.2, -0.15) is 5.10 Å². The summed E-state index contributed by atoms with van der Waals surface area (Å²) >= 11 is 0. The fraction of sp³-hybridized carbons (Fsp3) is 0.733. The first-order valence-electron chi connectivity index (χ1n) is 7.58. The van der Waals surface area contributed by atoms with Gasteiger partial charge in [0.2, 0.25) is 0 Å². The van der Waals surface area contributed by atoms with E-state index >= 15 is 0 Å². The molecule has 1 saturated carbocycles. The molecule has 0 spiro atoms. The number of aromatic nitrogens is 2. The lowest BCUT2D eigenvalue weighted by molar-refractivity contribution is 0.0732. The van der Waals surface area contributed by atoms with Gasteiger partial charge < -0.3 is 15.4 Å². The lowest BCUT2D eigenvalue weighted by atomic mass is 9.67. The quantitative estimate of drug-likeness (QED) is 0.401. The monoisotopic (exact) mass is 421 g/mol. The molecule has 1 aromatic rings. The van der Waals surface area contributed by atoms with Crippen LogP contribution in [0.15, 0.2) is 17.4 Å². The van der Waals surface area contributed by atoms with Gasteiger partial charge in [0.25, 0.3) is 0 Å². The highest BCUT2D eigenvalue weighted by Gasteiger charge is 2.36. The van der Waals surface area contributed by atoms with Crippen LogP contribution in [0.4, 0.5) is 0 Å². The molecule has 1 heterocycles. The van der Waals surface area contributed by atoms with Crippen LogP contribution in [-0.2, 0) is 18.3 Å². The molecule has 0 amide bonds. The van der Waals surface area contributed by atoms with E-state index in [-0.39, 0.29) is 24.0 Å². The largest absolute Gasteiger partial charge is 0.385 e. The fourth-order valence-corrected chi connectivity index (χ4v) is 2.75. The molecule has 1 aliphatic rings. The number of aliphatic imine (C=N–C) groups is 1. The van der Waals surface area contributed by atoms with E-state index in [0.29, 0.717) is 5.41 Å². The van der Waals surface area contributed by atoms with E-state index < -0.39 is 0 Å². The molecule has 0 atom stereocenters. The molecule has 126 valence electrons. The molecule has 22 heavy (non-hydrogen) atoms. The van der Waals surface area contributed by atoms with Gasteiger partial charge in [-0.1, -0.05) is 6.42 Å². The minimum Gasteiger partial charge on any atom is -0.385 e. The number of aryl methyl sites for hydroxylation is 1. The van der Waals surface area contributed by atoms with Crippen LogP contribution in [0, 0.1) is 5.41 Å². The van der Waals surface area contributed by atoms with Crippen molar-refractivity contribution in [2.24, 2.45) is 17.5 Å². The SMILES string of the molecule is CN=C(NCc1cnn(C)c1)NCC1(CCOC)CCC1.I. The first kappa shape index (κ1) is 19.2. The first-order chi connectivity index (χ1) is 10.2. The van der Waals surface area contributed by atoms with Crippen molar-refractivity contribution in [2.45, 2.75) is 32.2 Å². The number of methoxy groups -OCH3 is 1. The summed E-state index contributed by atoms with van der Waals surface area (Å²) in [5.74, 6) is 0.850. The van der Waals surface area contributed by atoms with E-state index in [2.05, 4.69) is 20.7 Å². The lowest BCUT2D eigenvalue weighted by Crippen LogP contribution is -2.46. The van der Waals surface area contributed by atoms with Crippen LogP contribution < -0.4 is 10.6 Å². The van der Waals surface area contributed by atoms with Crippen molar-refractivity contribution in [3.05, 3.63) is 18.0 Å². The van der Waals surface area contributed by atoms with E-state index in [1.165, 1.54) is 19.3 Å². The van der Waals surface area contributed by atoms with Crippen LogP contribution in [0.5, 0.6) is 0 Å². The summed E-state index contributed by atoms with van der Waals surface area (Å²) < 4.78 is 7.04. The van der Waals surface area contributed by atoms with Gasteiger partial charge >= 0.3 is 0 Å². The van der Waals surface area contributed by atoms with Crippen LogP contribution in [0.1, 0.15) is 31.2 Å². The zero-order chi connectivity index (χ0) is 15.1. The Balaban J connectivity index is 0.00000242. The zero-order valence-corrected chi connectivity index (χ0v) is 16.1. The molecular weight excluding hydrogens is 393 g/mol. The Hall–Kier alpha value is -0.830. The van der Waals surface area contributed by atoms with E-state index in [1.807, 2.05) is 19.4 Å². The number of guanidine groups is 1. The van der Waals surface area contributed by atoms with Crippen molar-refractivity contribution in [1.82, 2.24) is 20.4 Å². The molecule has 1 aliphatic carbocycles. The molecule has 2 rings (SSSR count). The van der Waals surface area contributed by atoms with Crippen LogP contribution >= 0.6 is 24.0 Å². The predicted octanol–water partition coefficient (Wildman–Crippen LogP) is 1.91. The Morgan fingerprint density at radius 2 is 2.23 bits per heavy atom. The van der Waals surface area contributed by atoms with Gasteiger partial charge in [-0.3, -0.25) is 9.67 Å². The third kappa shape index (κ3) is 5.42. The number of nitrogens with zero attached hydrogens (tertiary/aromatic N) is 3. The minimum atomic E-state index is 0. The van der Waals surface area contributed by atoms with Gasteiger partial charge in [0.15, 0.2) is 5.96 Å². The molecule has 0 saturated heterocycles.